The summed E-state index contributed by atoms with van der Waals surface area (Å²) in [6.45, 7) is 6.05. The van der Waals surface area contributed by atoms with E-state index in [4.69, 9.17) is 4.74 Å². The van der Waals surface area contributed by atoms with E-state index in [9.17, 15) is 9.59 Å². The molecule has 0 heterocycles. The Kier molecular flexibility index (Phi) is 5.64. The van der Waals surface area contributed by atoms with Gasteiger partial charge in [-0.2, -0.15) is 0 Å². The van der Waals surface area contributed by atoms with Crippen LogP contribution in [0, 0.1) is 5.92 Å². The molecule has 23 heavy (non-hydrogen) atoms. The molecule has 1 aliphatic carbocycles. The number of carbonyl (C=O) groups is 2. The van der Waals surface area contributed by atoms with Crippen molar-refractivity contribution in [2.75, 3.05) is 0 Å². The molecule has 5 nitrogen and oxygen atoms in total. The van der Waals surface area contributed by atoms with Crippen molar-refractivity contribution < 1.29 is 14.3 Å². The molecule has 0 saturated heterocycles. The van der Waals surface area contributed by atoms with Crippen molar-refractivity contribution in [3.05, 3.63) is 35.9 Å². The lowest BCUT2D eigenvalue weighted by molar-refractivity contribution is -0.125. The van der Waals surface area contributed by atoms with Gasteiger partial charge in [0.05, 0.1) is 0 Å². The van der Waals surface area contributed by atoms with Crippen LogP contribution in [0.5, 0.6) is 0 Å². The number of alkyl carbamates (subject to hydrolysis) is 1. The SMILES string of the molecule is CC(C)(C)OC(=O)N[C@H]1CC[C@H](C(=O)NCc2ccccc2)C1. The molecule has 2 atom stereocenters. The Morgan fingerprint density at radius 2 is 1.87 bits per heavy atom. The average Bonchev–Trinajstić information content (AvgIpc) is 2.92. The molecule has 0 aliphatic heterocycles. The van der Waals surface area contributed by atoms with E-state index in [1.165, 1.54) is 0 Å². The highest BCUT2D eigenvalue weighted by molar-refractivity contribution is 5.79. The first-order valence-electron chi connectivity index (χ1n) is 8.14. The normalized spacial score (nSPS) is 20.8. The summed E-state index contributed by atoms with van der Waals surface area (Å²) in [5, 5.41) is 5.82. The van der Waals surface area contributed by atoms with Crippen LogP contribution < -0.4 is 10.6 Å². The highest BCUT2D eigenvalue weighted by atomic mass is 16.6. The molecule has 1 aliphatic rings. The summed E-state index contributed by atoms with van der Waals surface area (Å²) < 4.78 is 5.25. The Hall–Kier alpha value is -2.04. The largest absolute Gasteiger partial charge is 0.444 e. The van der Waals surface area contributed by atoms with Gasteiger partial charge in [-0.3, -0.25) is 4.79 Å². The smallest absolute Gasteiger partial charge is 0.407 e. The van der Waals surface area contributed by atoms with E-state index in [0.717, 1.165) is 18.4 Å². The topological polar surface area (TPSA) is 67.4 Å². The molecule has 1 aromatic carbocycles. The zero-order chi connectivity index (χ0) is 16.9. The third-order valence-corrected chi connectivity index (χ3v) is 3.83. The number of hydrogen-bond donors (Lipinski definition) is 2. The van der Waals surface area contributed by atoms with Gasteiger partial charge in [0.2, 0.25) is 5.91 Å². The van der Waals surface area contributed by atoms with Gasteiger partial charge in [-0.25, -0.2) is 4.79 Å². The van der Waals surface area contributed by atoms with Gasteiger partial charge in [-0.1, -0.05) is 30.3 Å². The summed E-state index contributed by atoms with van der Waals surface area (Å²) in [5.41, 5.74) is 0.581. The third kappa shape index (κ3) is 5.93. The van der Waals surface area contributed by atoms with Gasteiger partial charge in [0, 0.05) is 18.5 Å². The van der Waals surface area contributed by atoms with E-state index in [-0.39, 0.29) is 17.9 Å². The number of carbonyl (C=O) groups excluding carboxylic acids is 2. The van der Waals surface area contributed by atoms with Gasteiger partial charge in [0.1, 0.15) is 5.60 Å². The second-order valence-corrected chi connectivity index (χ2v) is 7.06. The van der Waals surface area contributed by atoms with Crippen molar-refractivity contribution in [2.24, 2.45) is 5.92 Å². The van der Waals surface area contributed by atoms with Crippen LogP contribution in [0.1, 0.15) is 45.6 Å². The van der Waals surface area contributed by atoms with E-state index in [2.05, 4.69) is 10.6 Å². The Labute approximate surface area is 137 Å². The maximum absolute atomic E-state index is 12.2. The Bertz CT molecular complexity index is 537. The monoisotopic (exact) mass is 318 g/mol. The summed E-state index contributed by atoms with van der Waals surface area (Å²) in [5.74, 6) is 0.0148. The number of benzene rings is 1. The fraction of sp³-hybridized carbons (Fsp3) is 0.556. The molecule has 2 N–H and O–H groups in total. The zero-order valence-electron chi connectivity index (χ0n) is 14.1. The van der Waals surface area contributed by atoms with Crippen molar-refractivity contribution in [3.63, 3.8) is 0 Å². The van der Waals surface area contributed by atoms with Crippen molar-refractivity contribution >= 4 is 12.0 Å². The highest BCUT2D eigenvalue weighted by Crippen LogP contribution is 2.26. The Morgan fingerprint density at radius 3 is 2.52 bits per heavy atom. The summed E-state index contributed by atoms with van der Waals surface area (Å²) in [7, 11) is 0. The van der Waals surface area contributed by atoms with Crippen LogP contribution in [0.2, 0.25) is 0 Å². The molecule has 1 saturated carbocycles. The molecule has 0 bridgehead atoms. The van der Waals surface area contributed by atoms with Crippen LogP contribution in [-0.2, 0) is 16.1 Å². The fourth-order valence-corrected chi connectivity index (χ4v) is 2.75. The number of rotatable bonds is 4. The zero-order valence-corrected chi connectivity index (χ0v) is 14.1. The summed E-state index contributed by atoms with van der Waals surface area (Å²) in [6, 6.07) is 9.85. The Balaban J connectivity index is 1.74. The Morgan fingerprint density at radius 1 is 1.17 bits per heavy atom. The molecule has 2 amide bonds. The van der Waals surface area contributed by atoms with Crippen molar-refractivity contribution in [2.45, 2.75) is 58.2 Å². The second kappa shape index (κ2) is 7.49. The number of hydrogen-bond acceptors (Lipinski definition) is 3. The van der Waals surface area contributed by atoms with Crippen LogP contribution >= 0.6 is 0 Å². The summed E-state index contributed by atoms with van der Waals surface area (Å²) in [6.07, 6.45) is 1.86. The maximum Gasteiger partial charge on any atom is 0.407 e. The summed E-state index contributed by atoms with van der Waals surface area (Å²) >= 11 is 0. The minimum atomic E-state index is -0.505. The molecule has 126 valence electrons. The lowest BCUT2D eigenvalue weighted by atomic mass is 10.1. The van der Waals surface area contributed by atoms with Gasteiger partial charge < -0.3 is 15.4 Å². The molecule has 2 rings (SSSR count). The van der Waals surface area contributed by atoms with Crippen LogP contribution in [0.3, 0.4) is 0 Å². The minimum Gasteiger partial charge on any atom is -0.444 e. The molecule has 1 aromatic rings. The van der Waals surface area contributed by atoms with E-state index in [1.807, 2.05) is 51.1 Å². The van der Waals surface area contributed by atoms with Gasteiger partial charge in [-0.05, 0) is 45.6 Å². The maximum atomic E-state index is 12.2. The van der Waals surface area contributed by atoms with E-state index in [0.29, 0.717) is 13.0 Å². The first-order chi connectivity index (χ1) is 10.8. The average molecular weight is 318 g/mol. The van der Waals surface area contributed by atoms with Crippen molar-refractivity contribution in [1.82, 2.24) is 10.6 Å². The highest BCUT2D eigenvalue weighted by Gasteiger charge is 2.31. The van der Waals surface area contributed by atoms with Gasteiger partial charge in [-0.15, -0.1) is 0 Å². The lowest BCUT2D eigenvalue weighted by Crippen LogP contribution is -2.38. The fourth-order valence-electron chi connectivity index (χ4n) is 2.75. The molecule has 0 aromatic heterocycles. The summed E-state index contributed by atoms with van der Waals surface area (Å²) in [4.78, 5) is 24.0. The van der Waals surface area contributed by atoms with Crippen molar-refractivity contribution in [1.29, 1.82) is 0 Å². The van der Waals surface area contributed by atoms with E-state index in [1.54, 1.807) is 0 Å². The minimum absolute atomic E-state index is 0.0114. The van der Waals surface area contributed by atoms with Crippen molar-refractivity contribution in [3.8, 4) is 0 Å². The van der Waals surface area contributed by atoms with E-state index >= 15 is 0 Å². The van der Waals surface area contributed by atoms with Crippen LogP contribution in [0.15, 0.2) is 30.3 Å². The quantitative estimate of drug-likeness (QED) is 0.897. The second-order valence-electron chi connectivity index (χ2n) is 7.06. The number of nitrogens with one attached hydrogen (secondary N) is 2. The standard InChI is InChI=1S/C18H26N2O3/c1-18(2,3)23-17(22)20-15-10-9-14(11-15)16(21)19-12-13-7-5-4-6-8-13/h4-8,14-15H,9-12H2,1-3H3,(H,19,21)(H,20,22)/t14-,15-/m0/s1. The molecular weight excluding hydrogens is 292 g/mol. The van der Waals surface area contributed by atoms with Crippen LogP contribution in [-0.4, -0.2) is 23.6 Å². The van der Waals surface area contributed by atoms with Gasteiger partial charge in [0.25, 0.3) is 0 Å². The predicted molar refractivity (Wildman–Crippen MR) is 88.8 cm³/mol. The van der Waals surface area contributed by atoms with Crippen LogP contribution in [0.25, 0.3) is 0 Å². The van der Waals surface area contributed by atoms with E-state index < -0.39 is 11.7 Å². The molecule has 5 heteroatoms. The van der Waals surface area contributed by atoms with Crippen LogP contribution in [0.4, 0.5) is 4.79 Å². The van der Waals surface area contributed by atoms with Gasteiger partial charge >= 0.3 is 6.09 Å². The first-order valence-corrected chi connectivity index (χ1v) is 8.14. The molecular formula is C18H26N2O3. The number of ether oxygens (including phenoxy) is 1. The van der Waals surface area contributed by atoms with Gasteiger partial charge in [0.15, 0.2) is 0 Å². The molecule has 0 radical (unpaired) electrons. The number of amides is 2. The molecule has 0 spiro atoms. The molecule has 0 unspecified atom stereocenters. The first kappa shape index (κ1) is 17.3. The predicted octanol–water partition coefficient (Wildman–Crippen LogP) is 3.00. The lowest BCUT2D eigenvalue weighted by Gasteiger charge is -2.21. The third-order valence-electron chi connectivity index (χ3n) is 3.83. The molecule has 1 fully saturated rings.